The zero-order chi connectivity index (χ0) is 24.2. The number of benzene rings is 2. The zero-order valence-electron chi connectivity index (χ0n) is 19.4. The molecule has 1 atom stereocenters. The molecule has 1 aromatic heterocycles. The van der Waals surface area contributed by atoms with E-state index in [9.17, 15) is 14.7 Å². The van der Waals surface area contributed by atoms with Crippen LogP contribution in [0.3, 0.4) is 0 Å². The van der Waals surface area contributed by atoms with Gasteiger partial charge in [0.2, 0.25) is 0 Å². The Hall–Kier alpha value is -4.07. The third-order valence-corrected chi connectivity index (χ3v) is 5.97. The number of aromatic nitrogens is 2. The summed E-state index contributed by atoms with van der Waals surface area (Å²) in [6.07, 6.45) is 5.83. The van der Waals surface area contributed by atoms with Crippen molar-refractivity contribution in [3.05, 3.63) is 83.4 Å². The Balaban J connectivity index is 1.81. The molecule has 1 aliphatic heterocycles. The monoisotopic (exact) mass is 461 g/mol. The number of aliphatic hydroxyl groups excluding tert-OH is 1. The van der Waals surface area contributed by atoms with Gasteiger partial charge in [-0.15, -0.1) is 0 Å². The second kappa shape index (κ2) is 9.82. The van der Waals surface area contributed by atoms with Gasteiger partial charge in [0.15, 0.2) is 11.5 Å². The summed E-state index contributed by atoms with van der Waals surface area (Å²) in [5, 5.41) is 11.2. The number of para-hydroxylation sites is 1. The van der Waals surface area contributed by atoms with Crippen molar-refractivity contribution in [1.29, 1.82) is 0 Å². The largest absolute Gasteiger partial charge is 0.507 e. The normalized spacial score (nSPS) is 17.3. The summed E-state index contributed by atoms with van der Waals surface area (Å²) in [4.78, 5) is 31.9. The number of Topliss-reactive ketones (excluding diaryl/α,β-unsaturated/α-hetero) is 1. The van der Waals surface area contributed by atoms with Gasteiger partial charge in [0.25, 0.3) is 11.7 Å². The van der Waals surface area contributed by atoms with Gasteiger partial charge in [-0.05, 0) is 19.4 Å². The van der Waals surface area contributed by atoms with Gasteiger partial charge in [-0.3, -0.25) is 9.59 Å². The molecule has 3 aromatic rings. The molecule has 8 nitrogen and oxygen atoms in total. The molecule has 2 aromatic carbocycles. The van der Waals surface area contributed by atoms with Crippen LogP contribution >= 0.6 is 0 Å². The van der Waals surface area contributed by atoms with E-state index in [0.29, 0.717) is 42.1 Å². The Morgan fingerprint density at radius 1 is 1.06 bits per heavy atom. The minimum Gasteiger partial charge on any atom is -0.507 e. The van der Waals surface area contributed by atoms with Crippen LogP contribution in [-0.2, 0) is 16.1 Å². The molecule has 34 heavy (non-hydrogen) atoms. The molecular weight excluding hydrogens is 434 g/mol. The fraction of sp³-hybridized carbons (Fsp3) is 0.269. The van der Waals surface area contributed by atoms with E-state index >= 15 is 0 Å². The van der Waals surface area contributed by atoms with Crippen molar-refractivity contribution in [1.82, 2.24) is 14.5 Å². The van der Waals surface area contributed by atoms with E-state index in [4.69, 9.17) is 9.47 Å². The number of ether oxygens (including phenoxy) is 2. The first-order valence-electron chi connectivity index (χ1n) is 11.0. The summed E-state index contributed by atoms with van der Waals surface area (Å²) in [6, 6.07) is 11.6. The maximum Gasteiger partial charge on any atom is 0.295 e. The smallest absolute Gasteiger partial charge is 0.295 e. The first-order valence-corrected chi connectivity index (χ1v) is 11.0. The minimum atomic E-state index is -0.825. The summed E-state index contributed by atoms with van der Waals surface area (Å²) in [5.41, 5.74) is 2.08. The second-order valence-electron chi connectivity index (χ2n) is 8.10. The number of amides is 1. The van der Waals surface area contributed by atoms with Crippen LogP contribution in [-0.4, -0.2) is 52.0 Å². The molecule has 8 heteroatoms. The number of likely N-dealkylation sites (tertiary alicyclic amines) is 1. The average molecular weight is 462 g/mol. The highest BCUT2D eigenvalue weighted by molar-refractivity contribution is 6.46. The maximum absolute atomic E-state index is 13.2. The van der Waals surface area contributed by atoms with Crippen LogP contribution in [0.25, 0.3) is 5.76 Å². The quantitative estimate of drug-likeness (QED) is 0.312. The number of methoxy groups -OCH3 is 2. The van der Waals surface area contributed by atoms with Gasteiger partial charge in [0.1, 0.15) is 5.76 Å². The van der Waals surface area contributed by atoms with Crippen molar-refractivity contribution in [2.75, 3.05) is 20.8 Å². The summed E-state index contributed by atoms with van der Waals surface area (Å²) < 4.78 is 13.0. The number of carbonyl (C=O) groups excluding carboxylic acids is 2. The molecule has 0 saturated carbocycles. The fourth-order valence-corrected chi connectivity index (χ4v) is 4.27. The van der Waals surface area contributed by atoms with Crippen molar-refractivity contribution in [3.8, 4) is 11.5 Å². The highest BCUT2D eigenvalue weighted by atomic mass is 16.5. The van der Waals surface area contributed by atoms with E-state index < -0.39 is 17.7 Å². The van der Waals surface area contributed by atoms with Crippen LogP contribution in [0.2, 0.25) is 0 Å². The summed E-state index contributed by atoms with van der Waals surface area (Å²) in [5.74, 6) is -0.722. The van der Waals surface area contributed by atoms with E-state index in [0.717, 1.165) is 5.56 Å². The van der Waals surface area contributed by atoms with Gasteiger partial charge in [-0.2, -0.15) is 0 Å². The lowest BCUT2D eigenvalue weighted by Crippen LogP contribution is -2.31. The van der Waals surface area contributed by atoms with Crippen LogP contribution in [0.1, 0.15) is 29.2 Å². The Morgan fingerprint density at radius 2 is 1.82 bits per heavy atom. The molecule has 1 saturated heterocycles. The molecular formula is C26H27N3O5. The van der Waals surface area contributed by atoms with Crippen molar-refractivity contribution in [2.45, 2.75) is 25.9 Å². The highest BCUT2D eigenvalue weighted by Gasteiger charge is 2.47. The standard InChI is InChI=1S/C26H27N3O5/c1-17-8-10-18(11-9-17)23(30)21-22(19-6-4-7-20(33-2)25(19)34-3)29(26(32)24(21)31)14-5-13-28-15-12-27-16-28/h4,6-12,15-16,22,30H,5,13-14H2,1-3H3/b23-21+/t22-/m0/s1. The zero-order valence-corrected chi connectivity index (χ0v) is 19.4. The maximum atomic E-state index is 13.2. The molecule has 4 rings (SSSR count). The number of hydrogen-bond acceptors (Lipinski definition) is 6. The number of aryl methyl sites for hydroxylation is 2. The van der Waals surface area contributed by atoms with Crippen LogP contribution in [0.4, 0.5) is 0 Å². The Morgan fingerprint density at radius 3 is 2.47 bits per heavy atom. The molecule has 1 N–H and O–H groups in total. The SMILES string of the molecule is COc1cccc([C@H]2/C(=C(\O)c3ccc(C)cc3)C(=O)C(=O)N2CCCn2ccnc2)c1OC. The molecule has 0 bridgehead atoms. The first-order chi connectivity index (χ1) is 16.5. The molecule has 0 aliphatic carbocycles. The molecule has 1 fully saturated rings. The Kier molecular flexibility index (Phi) is 6.67. The van der Waals surface area contributed by atoms with Crippen molar-refractivity contribution < 1.29 is 24.2 Å². The highest BCUT2D eigenvalue weighted by Crippen LogP contribution is 2.45. The average Bonchev–Trinajstić information content (AvgIpc) is 3.45. The molecule has 1 aliphatic rings. The van der Waals surface area contributed by atoms with Gasteiger partial charge in [0, 0.05) is 36.6 Å². The van der Waals surface area contributed by atoms with Crippen LogP contribution in [0, 0.1) is 6.92 Å². The third kappa shape index (κ3) is 4.26. The number of ketones is 1. The summed E-state index contributed by atoms with van der Waals surface area (Å²) >= 11 is 0. The van der Waals surface area contributed by atoms with E-state index in [-0.39, 0.29) is 11.3 Å². The Bertz CT molecular complexity index is 1220. The predicted molar refractivity (Wildman–Crippen MR) is 127 cm³/mol. The number of imidazole rings is 1. The number of carbonyl (C=O) groups is 2. The van der Waals surface area contributed by atoms with E-state index in [2.05, 4.69) is 4.98 Å². The van der Waals surface area contributed by atoms with Crippen LogP contribution < -0.4 is 9.47 Å². The molecule has 1 amide bonds. The van der Waals surface area contributed by atoms with Crippen LogP contribution in [0.5, 0.6) is 11.5 Å². The summed E-state index contributed by atoms with van der Waals surface area (Å²) in [6.45, 7) is 2.87. The van der Waals surface area contributed by atoms with E-state index in [1.165, 1.54) is 19.1 Å². The fourth-order valence-electron chi connectivity index (χ4n) is 4.27. The molecule has 0 spiro atoms. The second-order valence-corrected chi connectivity index (χ2v) is 8.10. The molecule has 176 valence electrons. The minimum absolute atomic E-state index is 0.0306. The van der Waals surface area contributed by atoms with Gasteiger partial charge in [-0.25, -0.2) is 4.98 Å². The van der Waals surface area contributed by atoms with Crippen molar-refractivity contribution in [2.24, 2.45) is 0 Å². The molecule has 0 radical (unpaired) electrons. The van der Waals surface area contributed by atoms with E-state index in [1.807, 2.05) is 29.8 Å². The van der Waals surface area contributed by atoms with Crippen molar-refractivity contribution >= 4 is 17.4 Å². The molecule has 2 heterocycles. The lowest BCUT2D eigenvalue weighted by Gasteiger charge is -2.27. The third-order valence-electron chi connectivity index (χ3n) is 5.97. The first kappa shape index (κ1) is 23.1. The van der Waals surface area contributed by atoms with Gasteiger partial charge < -0.3 is 24.0 Å². The van der Waals surface area contributed by atoms with Crippen molar-refractivity contribution in [3.63, 3.8) is 0 Å². The summed E-state index contributed by atoms with van der Waals surface area (Å²) in [7, 11) is 3.03. The number of aliphatic hydroxyl groups is 1. The number of hydrogen-bond donors (Lipinski definition) is 1. The lowest BCUT2D eigenvalue weighted by molar-refractivity contribution is -0.140. The Labute approximate surface area is 198 Å². The van der Waals surface area contributed by atoms with Crippen LogP contribution in [0.15, 0.2) is 66.8 Å². The number of nitrogens with zero attached hydrogens (tertiary/aromatic N) is 3. The van der Waals surface area contributed by atoms with Gasteiger partial charge in [0.05, 0.1) is 32.2 Å². The number of rotatable bonds is 8. The van der Waals surface area contributed by atoms with E-state index in [1.54, 1.807) is 42.9 Å². The lowest BCUT2D eigenvalue weighted by atomic mass is 9.94. The molecule has 0 unspecified atom stereocenters. The predicted octanol–water partition coefficient (Wildman–Crippen LogP) is 3.72. The topological polar surface area (TPSA) is 93.9 Å². The van der Waals surface area contributed by atoms with Gasteiger partial charge in [-0.1, -0.05) is 42.0 Å². The van der Waals surface area contributed by atoms with Gasteiger partial charge >= 0.3 is 0 Å².